The first kappa shape index (κ1) is 15.0. The number of methoxy groups -OCH3 is 1. The summed E-state index contributed by atoms with van der Waals surface area (Å²) in [5.74, 6) is -4.53. The van der Waals surface area contributed by atoms with E-state index < -0.39 is 57.9 Å². The van der Waals surface area contributed by atoms with Crippen molar-refractivity contribution >= 4 is 17.5 Å². The van der Waals surface area contributed by atoms with Gasteiger partial charge in [-0.1, -0.05) is 0 Å². The van der Waals surface area contributed by atoms with E-state index >= 15 is 0 Å². The van der Waals surface area contributed by atoms with E-state index in [4.69, 9.17) is 9.47 Å². The Hall–Kier alpha value is -2.87. The molecule has 3 N–H and O–H groups in total. The van der Waals surface area contributed by atoms with E-state index in [1.807, 2.05) is 0 Å². The molecule has 2 atom stereocenters. The number of cyclic esters (lactones) is 1. The monoisotopic (exact) mass is 320 g/mol. The maximum atomic E-state index is 12.3. The van der Waals surface area contributed by atoms with Gasteiger partial charge in [0.05, 0.1) is 18.2 Å². The molecule has 8 nitrogen and oxygen atoms in total. The highest BCUT2D eigenvalue weighted by Gasteiger charge is 2.43. The predicted octanol–water partition coefficient (Wildman–Crippen LogP) is 0.599. The number of hydrogen-bond donors (Lipinski definition) is 3. The topological polar surface area (TPSA) is 130 Å². The molecular formula is C15H12O8. The SMILES string of the molecule is COC1=CC(=O)c2c(O)c3c(c(O)c2C1=O)C(O)C(C)OC3=O. The van der Waals surface area contributed by atoms with Gasteiger partial charge in [0.1, 0.15) is 29.3 Å². The fourth-order valence-electron chi connectivity index (χ4n) is 2.76. The van der Waals surface area contributed by atoms with Gasteiger partial charge in [0.25, 0.3) is 0 Å². The van der Waals surface area contributed by atoms with Gasteiger partial charge >= 0.3 is 5.97 Å². The van der Waals surface area contributed by atoms with Gasteiger partial charge in [-0.25, -0.2) is 4.79 Å². The van der Waals surface area contributed by atoms with Crippen LogP contribution in [0.5, 0.6) is 11.5 Å². The summed E-state index contributed by atoms with van der Waals surface area (Å²) in [5.41, 5.74) is -1.90. The molecule has 0 amide bonds. The van der Waals surface area contributed by atoms with Crippen LogP contribution in [0.15, 0.2) is 11.8 Å². The van der Waals surface area contributed by atoms with Crippen LogP contribution < -0.4 is 0 Å². The molecular weight excluding hydrogens is 308 g/mol. The van der Waals surface area contributed by atoms with Crippen LogP contribution in [-0.4, -0.2) is 46.1 Å². The lowest BCUT2D eigenvalue weighted by Gasteiger charge is -2.30. The molecule has 0 fully saturated rings. The number of aliphatic hydroxyl groups is 1. The van der Waals surface area contributed by atoms with Crippen LogP contribution in [0.1, 0.15) is 49.7 Å². The minimum atomic E-state index is -1.46. The predicted molar refractivity (Wildman–Crippen MR) is 73.4 cm³/mol. The van der Waals surface area contributed by atoms with Crippen molar-refractivity contribution in [1.29, 1.82) is 0 Å². The van der Waals surface area contributed by atoms with Crippen molar-refractivity contribution in [3.63, 3.8) is 0 Å². The van der Waals surface area contributed by atoms with Crippen LogP contribution in [0.3, 0.4) is 0 Å². The highest BCUT2D eigenvalue weighted by atomic mass is 16.6. The molecule has 0 spiro atoms. The minimum absolute atomic E-state index is 0.321. The molecule has 0 saturated carbocycles. The standard InChI is InChI=1S/C15H12O8/c1-4-11(17)9-10(15(21)23-4)13(19)7-5(16)3-6(22-2)12(18)8(7)14(9)20/h3-4,11,17,19-20H,1-2H3. The van der Waals surface area contributed by atoms with E-state index in [9.17, 15) is 29.7 Å². The number of ether oxygens (including phenoxy) is 2. The molecule has 0 radical (unpaired) electrons. The van der Waals surface area contributed by atoms with Crippen molar-refractivity contribution in [2.45, 2.75) is 19.1 Å². The summed E-state index contributed by atoms with van der Waals surface area (Å²) < 4.78 is 9.64. The summed E-state index contributed by atoms with van der Waals surface area (Å²) in [6.07, 6.45) is -1.60. The maximum Gasteiger partial charge on any atom is 0.342 e. The highest BCUT2D eigenvalue weighted by molar-refractivity contribution is 6.27. The number of esters is 1. The average molecular weight is 320 g/mol. The average Bonchev–Trinajstić information content (AvgIpc) is 2.50. The fourth-order valence-corrected chi connectivity index (χ4v) is 2.76. The molecule has 2 aliphatic rings. The van der Waals surface area contributed by atoms with Gasteiger partial charge in [0.2, 0.25) is 5.78 Å². The number of carbonyl (C=O) groups is 3. The largest absolute Gasteiger partial charge is 0.507 e. The lowest BCUT2D eigenvalue weighted by Crippen LogP contribution is -2.32. The summed E-state index contributed by atoms with van der Waals surface area (Å²) >= 11 is 0. The Morgan fingerprint density at radius 2 is 1.74 bits per heavy atom. The van der Waals surface area contributed by atoms with Crippen molar-refractivity contribution in [3.05, 3.63) is 34.1 Å². The summed E-state index contributed by atoms with van der Waals surface area (Å²) in [6, 6.07) is 0. The number of ketones is 2. The van der Waals surface area contributed by atoms with Crippen LogP contribution in [0.25, 0.3) is 0 Å². The Morgan fingerprint density at radius 3 is 2.35 bits per heavy atom. The smallest absolute Gasteiger partial charge is 0.342 e. The van der Waals surface area contributed by atoms with Crippen LogP contribution in [0, 0.1) is 0 Å². The zero-order chi connectivity index (χ0) is 17.0. The van der Waals surface area contributed by atoms with Crippen molar-refractivity contribution in [1.82, 2.24) is 0 Å². The van der Waals surface area contributed by atoms with E-state index in [-0.39, 0.29) is 11.3 Å². The number of phenols is 2. The molecule has 1 heterocycles. The van der Waals surface area contributed by atoms with Gasteiger partial charge < -0.3 is 24.8 Å². The third-order valence-corrected chi connectivity index (χ3v) is 3.90. The summed E-state index contributed by atoms with van der Waals surface area (Å²) in [5, 5.41) is 30.8. The van der Waals surface area contributed by atoms with E-state index in [0.29, 0.717) is 0 Å². The molecule has 3 rings (SSSR count). The number of phenolic OH excluding ortho intramolecular Hbond substituents is 2. The molecule has 1 aliphatic heterocycles. The molecule has 23 heavy (non-hydrogen) atoms. The number of aliphatic hydroxyl groups excluding tert-OH is 1. The van der Waals surface area contributed by atoms with E-state index in [0.717, 1.165) is 6.08 Å². The number of Topliss-reactive ketones (excluding diaryl/α,β-unsaturated/α-hetero) is 1. The molecule has 1 aliphatic carbocycles. The second kappa shape index (κ2) is 4.82. The van der Waals surface area contributed by atoms with Crippen LogP contribution in [-0.2, 0) is 9.47 Å². The van der Waals surface area contributed by atoms with E-state index in [1.54, 1.807) is 0 Å². The van der Waals surface area contributed by atoms with Gasteiger partial charge in [-0.3, -0.25) is 9.59 Å². The first-order chi connectivity index (χ1) is 10.8. The van der Waals surface area contributed by atoms with Crippen molar-refractivity contribution < 1.29 is 39.2 Å². The second-order valence-corrected chi connectivity index (χ2v) is 5.20. The molecule has 2 unspecified atom stereocenters. The Bertz CT molecular complexity index is 804. The molecule has 0 bridgehead atoms. The zero-order valence-corrected chi connectivity index (χ0v) is 12.1. The van der Waals surface area contributed by atoms with Crippen molar-refractivity contribution in [3.8, 4) is 11.5 Å². The van der Waals surface area contributed by atoms with Gasteiger partial charge in [-0.05, 0) is 6.92 Å². The lowest BCUT2D eigenvalue weighted by molar-refractivity contribution is -0.0226. The van der Waals surface area contributed by atoms with Crippen LogP contribution in [0.2, 0.25) is 0 Å². The second-order valence-electron chi connectivity index (χ2n) is 5.20. The number of aromatic hydroxyl groups is 2. The van der Waals surface area contributed by atoms with Gasteiger partial charge in [-0.2, -0.15) is 0 Å². The number of hydrogen-bond acceptors (Lipinski definition) is 8. The molecule has 0 aromatic heterocycles. The van der Waals surface area contributed by atoms with Gasteiger partial charge in [0, 0.05) is 11.6 Å². The fraction of sp³-hybridized carbons (Fsp3) is 0.267. The third kappa shape index (κ3) is 1.85. The molecule has 1 aromatic carbocycles. The first-order valence-electron chi connectivity index (χ1n) is 6.65. The number of benzene rings is 1. The first-order valence-corrected chi connectivity index (χ1v) is 6.65. The number of rotatable bonds is 1. The quantitative estimate of drug-likeness (QED) is 0.506. The molecule has 8 heteroatoms. The Kier molecular flexibility index (Phi) is 3.15. The summed E-state index contributed by atoms with van der Waals surface area (Å²) in [6.45, 7) is 1.38. The molecule has 120 valence electrons. The maximum absolute atomic E-state index is 12.3. The number of fused-ring (bicyclic) bond motifs is 2. The summed E-state index contributed by atoms with van der Waals surface area (Å²) in [4.78, 5) is 36.4. The van der Waals surface area contributed by atoms with Crippen LogP contribution in [0.4, 0.5) is 0 Å². The number of allylic oxidation sites excluding steroid dienone is 2. The van der Waals surface area contributed by atoms with Crippen molar-refractivity contribution in [2.24, 2.45) is 0 Å². The lowest BCUT2D eigenvalue weighted by atomic mass is 9.83. The Labute approximate surface area is 129 Å². The van der Waals surface area contributed by atoms with E-state index in [2.05, 4.69) is 0 Å². The van der Waals surface area contributed by atoms with E-state index in [1.165, 1.54) is 14.0 Å². The van der Waals surface area contributed by atoms with Gasteiger partial charge in [-0.15, -0.1) is 0 Å². The summed E-state index contributed by atoms with van der Waals surface area (Å²) in [7, 11) is 1.17. The van der Waals surface area contributed by atoms with Crippen molar-refractivity contribution in [2.75, 3.05) is 7.11 Å². The third-order valence-electron chi connectivity index (χ3n) is 3.90. The minimum Gasteiger partial charge on any atom is -0.507 e. The number of carbonyl (C=O) groups excluding carboxylic acids is 3. The molecule has 1 aromatic rings. The van der Waals surface area contributed by atoms with Crippen LogP contribution >= 0.6 is 0 Å². The highest BCUT2D eigenvalue weighted by Crippen LogP contribution is 2.46. The normalized spacial score (nSPS) is 22.9. The Morgan fingerprint density at radius 1 is 1.09 bits per heavy atom. The Balaban J connectivity index is 2.40. The molecule has 0 saturated heterocycles. The van der Waals surface area contributed by atoms with Gasteiger partial charge in [0.15, 0.2) is 11.5 Å². The zero-order valence-electron chi connectivity index (χ0n) is 12.1.